The zero-order valence-electron chi connectivity index (χ0n) is 10.3. The van der Waals surface area contributed by atoms with Crippen molar-refractivity contribution in [2.24, 2.45) is 0 Å². The average molecular weight is 245 g/mol. The molecule has 0 fully saturated rings. The van der Waals surface area contributed by atoms with Crippen LogP contribution in [0.5, 0.6) is 5.88 Å². The van der Waals surface area contributed by atoms with Gasteiger partial charge < -0.3 is 15.4 Å². The second-order valence-corrected chi connectivity index (χ2v) is 4.11. The zero-order chi connectivity index (χ0) is 13.1. The lowest BCUT2D eigenvalue weighted by Crippen LogP contribution is -2.17. The summed E-state index contributed by atoms with van der Waals surface area (Å²) in [6, 6.07) is 7.38. The number of aromatic nitrogens is 2. The van der Waals surface area contributed by atoms with Gasteiger partial charge in [0.2, 0.25) is 5.88 Å². The van der Waals surface area contributed by atoms with Crippen molar-refractivity contribution in [2.75, 3.05) is 7.05 Å². The third-order valence-corrected chi connectivity index (χ3v) is 2.60. The molecule has 1 aromatic carbocycles. The molecule has 0 radical (unpaired) electrons. The van der Waals surface area contributed by atoms with Crippen LogP contribution in [-0.2, 0) is 6.54 Å². The van der Waals surface area contributed by atoms with Crippen molar-refractivity contribution in [3.63, 3.8) is 0 Å². The van der Waals surface area contributed by atoms with E-state index in [1.54, 1.807) is 13.1 Å². The lowest BCUT2D eigenvalue weighted by atomic mass is 10.1. The zero-order valence-corrected chi connectivity index (χ0v) is 10.3. The molecule has 1 heterocycles. The first-order chi connectivity index (χ1) is 8.61. The van der Waals surface area contributed by atoms with E-state index in [1.807, 2.05) is 25.1 Å². The fourth-order valence-electron chi connectivity index (χ4n) is 1.82. The molecule has 2 rings (SSSR count). The van der Waals surface area contributed by atoms with Crippen LogP contribution in [0.2, 0.25) is 0 Å². The molecule has 0 bridgehead atoms. The normalized spacial score (nSPS) is 10.6. The first kappa shape index (κ1) is 12.3. The Bertz CT molecular complexity index is 620. The monoisotopic (exact) mass is 245 g/mol. The van der Waals surface area contributed by atoms with Crippen LogP contribution in [0.15, 0.2) is 29.1 Å². The molecule has 5 heteroatoms. The number of H-pyrrole nitrogens is 1. The molecule has 0 aliphatic heterocycles. The molecule has 0 amide bonds. The van der Waals surface area contributed by atoms with E-state index in [0.29, 0.717) is 17.9 Å². The third-order valence-electron chi connectivity index (χ3n) is 2.60. The predicted octanol–water partition coefficient (Wildman–Crippen LogP) is 1.17. The van der Waals surface area contributed by atoms with Crippen LogP contribution in [0.1, 0.15) is 11.4 Å². The highest BCUT2D eigenvalue weighted by Crippen LogP contribution is 2.23. The maximum absolute atomic E-state index is 12.0. The van der Waals surface area contributed by atoms with Gasteiger partial charge in [-0.05, 0) is 19.5 Å². The minimum atomic E-state index is -0.335. The molecule has 0 saturated heterocycles. The topological polar surface area (TPSA) is 78.0 Å². The molecule has 5 nitrogen and oxygen atoms in total. The Kier molecular flexibility index (Phi) is 3.43. The van der Waals surface area contributed by atoms with E-state index in [9.17, 15) is 9.90 Å². The summed E-state index contributed by atoms with van der Waals surface area (Å²) >= 11 is 0. The van der Waals surface area contributed by atoms with Crippen LogP contribution in [0.25, 0.3) is 11.1 Å². The molecular weight excluding hydrogens is 230 g/mol. The van der Waals surface area contributed by atoms with Gasteiger partial charge >= 0.3 is 0 Å². The van der Waals surface area contributed by atoms with Crippen LogP contribution in [0, 0.1) is 6.92 Å². The highest BCUT2D eigenvalue weighted by molar-refractivity contribution is 5.67. The Balaban J connectivity index is 2.55. The molecule has 0 unspecified atom stereocenters. The first-order valence-electron chi connectivity index (χ1n) is 5.65. The van der Waals surface area contributed by atoms with Crippen LogP contribution in [-0.4, -0.2) is 22.1 Å². The summed E-state index contributed by atoms with van der Waals surface area (Å²) in [6.07, 6.45) is 0. The number of aromatic hydroxyl groups is 1. The summed E-state index contributed by atoms with van der Waals surface area (Å²) in [6.45, 7) is 2.33. The highest BCUT2D eigenvalue weighted by Gasteiger charge is 2.12. The molecule has 18 heavy (non-hydrogen) atoms. The standard InChI is InChI=1S/C13H15N3O2/c1-8-4-3-5-9(6-8)11-12(17)15-10(7-14-2)16-13(11)18/h3-6,14H,7H2,1-2H3,(H2,15,16,17,18). The highest BCUT2D eigenvalue weighted by atomic mass is 16.3. The molecular formula is C13H15N3O2. The number of nitrogens with zero attached hydrogens (tertiary/aromatic N) is 1. The van der Waals surface area contributed by atoms with Crippen molar-refractivity contribution >= 4 is 0 Å². The maximum atomic E-state index is 12.0. The van der Waals surface area contributed by atoms with Crippen LogP contribution < -0.4 is 10.9 Å². The fraction of sp³-hybridized carbons (Fsp3) is 0.231. The summed E-state index contributed by atoms with van der Waals surface area (Å²) < 4.78 is 0. The summed E-state index contributed by atoms with van der Waals surface area (Å²) in [7, 11) is 1.74. The van der Waals surface area contributed by atoms with Crippen molar-refractivity contribution in [1.29, 1.82) is 0 Å². The Hall–Kier alpha value is -2.14. The van der Waals surface area contributed by atoms with E-state index in [2.05, 4.69) is 15.3 Å². The second kappa shape index (κ2) is 5.01. The largest absolute Gasteiger partial charge is 0.493 e. The Morgan fingerprint density at radius 3 is 2.83 bits per heavy atom. The van der Waals surface area contributed by atoms with Gasteiger partial charge in [0.15, 0.2) is 0 Å². The molecule has 0 atom stereocenters. The van der Waals surface area contributed by atoms with Crippen LogP contribution in [0.4, 0.5) is 0 Å². The van der Waals surface area contributed by atoms with Crippen LogP contribution in [0.3, 0.4) is 0 Å². The van der Waals surface area contributed by atoms with Gasteiger partial charge in [-0.1, -0.05) is 29.8 Å². The fourth-order valence-corrected chi connectivity index (χ4v) is 1.82. The Morgan fingerprint density at radius 2 is 2.22 bits per heavy atom. The number of aromatic amines is 1. The number of nitrogens with one attached hydrogen (secondary N) is 2. The van der Waals surface area contributed by atoms with Gasteiger partial charge in [-0.15, -0.1) is 0 Å². The molecule has 2 aromatic rings. The van der Waals surface area contributed by atoms with Crippen molar-refractivity contribution in [1.82, 2.24) is 15.3 Å². The number of hydrogen-bond acceptors (Lipinski definition) is 4. The molecule has 1 aromatic heterocycles. The first-order valence-corrected chi connectivity index (χ1v) is 5.65. The third kappa shape index (κ3) is 2.41. The van der Waals surface area contributed by atoms with E-state index in [4.69, 9.17) is 0 Å². The van der Waals surface area contributed by atoms with Crippen molar-refractivity contribution in [2.45, 2.75) is 13.5 Å². The summed E-state index contributed by atoms with van der Waals surface area (Å²) in [4.78, 5) is 18.6. The lowest BCUT2D eigenvalue weighted by molar-refractivity contribution is 0.449. The summed E-state index contributed by atoms with van der Waals surface area (Å²) in [5.41, 5.74) is 1.56. The second-order valence-electron chi connectivity index (χ2n) is 4.11. The Morgan fingerprint density at radius 1 is 1.44 bits per heavy atom. The number of rotatable bonds is 3. The number of aryl methyl sites for hydroxylation is 1. The van der Waals surface area contributed by atoms with E-state index >= 15 is 0 Å². The van der Waals surface area contributed by atoms with Gasteiger partial charge in [0, 0.05) is 0 Å². The van der Waals surface area contributed by atoms with Gasteiger partial charge in [-0.3, -0.25) is 4.79 Å². The number of benzene rings is 1. The van der Waals surface area contributed by atoms with Crippen LogP contribution >= 0.6 is 0 Å². The van der Waals surface area contributed by atoms with E-state index in [0.717, 1.165) is 5.56 Å². The summed E-state index contributed by atoms with van der Waals surface area (Å²) in [5, 5.41) is 12.7. The molecule has 94 valence electrons. The van der Waals surface area contributed by atoms with Crippen molar-refractivity contribution in [3.8, 4) is 17.0 Å². The average Bonchev–Trinajstić information content (AvgIpc) is 2.28. The van der Waals surface area contributed by atoms with E-state index in [-0.39, 0.29) is 17.0 Å². The SMILES string of the molecule is CNCc1nc(O)c(-c2cccc(C)c2)c(=O)[nH]1. The molecule has 3 N–H and O–H groups in total. The summed E-state index contributed by atoms with van der Waals surface area (Å²) in [5.74, 6) is 0.172. The van der Waals surface area contributed by atoms with E-state index < -0.39 is 0 Å². The van der Waals surface area contributed by atoms with Gasteiger partial charge in [0.25, 0.3) is 5.56 Å². The minimum Gasteiger partial charge on any atom is -0.493 e. The van der Waals surface area contributed by atoms with Gasteiger partial charge in [-0.25, -0.2) is 0 Å². The lowest BCUT2D eigenvalue weighted by Gasteiger charge is -2.06. The predicted molar refractivity (Wildman–Crippen MR) is 69.5 cm³/mol. The van der Waals surface area contributed by atoms with Gasteiger partial charge in [-0.2, -0.15) is 4.98 Å². The smallest absolute Gasteiger partial charge is 0.262 e. The maximum Gasteiger partial charge on any atom is 0.262 e. The molecule has 0 aliphatic carbocycles. The molecule has 0 saturated carbocycles. The minimum absolute atomic E-state index is 0.207. The van der Waals surface area contributed by atoms with Crippen molar-refractivity contribution in [3.05, 3.63) is 46.0 Å². The Labute approximate surface area is 105 Å². The quantitative estimate of drug-likeness (QED) is 0.758. The molecule has 0 spiro atoms. The number of hydrogen-bond donors (Lipinski definition) is 3. The van der Waals surface area contributed by atoms with Gasteiger partial charge in [0.05, 0.1) is 6.54 Å². The van der Waals surface area contributed by atoms with Gasteiger partial charge in [0.1, 0.15) is 11.4 Å². The van der Waals surface area contributed by atoms with Crippen molar-refractivity contribution < 1.29 is 5.11 Å². The van der Waals surface area contributed by atoms with E-state index in [1.165, 1.54) is 0 Å². The molecule has 0 aliphatic rings.